The van der Waals surface area contributed by atoms with Crippen LogP contribution in [0.15, 0.2) is 28.7 Å². The third kappa shape index (κ3) is 4.50. The van der Waals surface area contributed by atoms with Crippen LogP contribution in [0.25, 0.3) is 0 Å². The maximum atomic E-state index is 12.4. The Kier molecular flexibility index (Phi) is 5.71. The lowest BCUT2D eigenvalue weighted by Crippen LogP contribution is -2.25. The van der Waals surface area contributed by atoms with Gasteiger partial charge >= 0.3 is 0 Å². The van der Waals surface area contributed by atoms with Crippen LogP contribution in [0.1, 0.15) is 59.8 Å². The van der Waals surface area contributed by atoms with Gasteiger partial charge in [0, 0.05) is 17.2 Å². The van der Waals surface area contributed by atoms with E-state index in [9.17, 15) is 9.59 Å². The van der Waals surface area contributed by atoms with Crippen molar-refractivity contribution in [1.29, 1.82) is 0 Å². The van der Waals surface area contributed by atoms with Crippen LogP contribution in [0.4, 0.5) is 5.69 Å². The number of amides is 2. The number of carbonyl (C=O) groups is 2. The Labute approximate surface area is 153 Å². The predicted octanol–water partition coefficient (Wildman–Crippen LogP) is 3.74. The Bertz CT molecular complexity index is 772. The van der Waals surface area contributed by atoms with Crippen molar-refractivity contribution in [1.82, 2.24) is 10.3 Å². The fraction of sp³-hybridized carbons (Fsp3) is 0.450. The molecule has 1 aromatic heterocycles. The van der Waals surface area contributed by atoms with Gasteiger partial charge in [-0.1, -0.05) is 25.3 Å². The molecule has 0 saturated heterocycles. The van der Waals surface area contributed by atoms with Gasteiger partial charge in [0.2, 0.25) is 11.8 Å². The molecule has 0 atom stereocenters. The molecule has 1 fully saturated rings. The van der Waals surface area contributed by atoms with Gasteiger partial charge in [0.1, 0.15) is 5.76 Å². The fourth-order valence-corrected chi connectivity index (χ4v) is 3.22. The zero-order chi connectivity index (χ0) is 18.5. The molecule has 6 heteroatoms. The molecule has 3 rings (SSSR count). The quantitative estimate of drug-likeness (QED) is 0.856. The molecule has 1 aliphatic rings. The summed E-state index contributed by atoms with van der Waals surface area (Å²) < 4.78 is 5.46. The highest BCUT2D eigenvalue weighted by Gasteiger charge is 2.21. The Balaban J connectivity index is 1.58. The van der Waals surface area contributed by atoms with E-state index in [1.807, 2.05) is 13.8 Å². The van der Waals surface area contributed by atoms with Gasteiger partial charge < -0.3 is 15.1 Å². The number of benzene rings is 1. The minimum Gasteiger partial charge on any atom is -0.444 e. The summed E-state index contributed by atoms with van der Waals surface area (Å²) in [5.41, 5.74) is 1.96. The second-order valence-electron chi connectivity index (χ2n) is 6.84. The Morgan fingerprint density at radius 2 is 1.96 bits per heavy atom. The molecule has 0 bridgehead atoms. The highest BCUT2D eigenvalue weighted by molar-refractivity contribution is 5.97. The number of nitrogens with zero attached hydrogens (tertiary/aromatic N) is 1. The van der Waals surface area contributed by atoms with Crippen LogP contribution in [0, 0.1) is 19.8 Å². The fourth-order valence-electron chi connectivity index (χ4n) is 3.22. The van der Waals surface area contributed by atoms with E-state index in [-0.39, 0.29) is 24.3 Å². The number of aryl methyl sites for hydroxylation is 2. The highest BCUT2D eigenvalue weighted by Crippen LogP contribution is 2.25. The lowest BCUT2D eigenvalue weighted by Gasteiger charge is -2.20. The zero-order valence-corrected chi connectivity index (χ0v) is 15.3. The largest absolute Gasteiger partial charge is 0.444 e. The van der Waals surface area contributed by atoms with E-state index < -0.39 is 0 Å². The first-order valence-electron chi connectivity index (χ1n) is 9.15. The smallest absolute Gasteiger partial charge is 0.251 e. The number of oxazole rings is 1. The number of aromatic nitrogens is 1. The van der Waals surface area contributed by atoms with Gasteiger partial charge in [-0.05, 0) is 44.9 Å². The molecule has 138 valence electrons. The number of nitrogens with one attached hydrogen (secondary N) is 2. The average Bonchev–Trinajstić information content (AvgIpc) is 2.98. The second-order valence-corrected chi connectivity index (χ2v) is 6.84. The summed E-state index contributed by atoms with van der Waals surface area (Å²) in [5.74, 6) is 1.13. The Morgan fingerprint density at radius 3 is 2.65 bits per heavy atom. The lowest BCUT2D eigenvalue weighted by molar-refractivity contribution is -0.120. The van der Waals surface area contributed by atoms with Crippen molar-refractivity contribution in [3.8, 4) is 0 Å². The summed E-state index contributed by atoms with van der Waals surface area (Å²) in [5, 5.41) is 5.73. The molecule has 1 aliphatic carbocycles. The molecule has 0 spiro atoms. The number of rotatable bonds is 5. The third-order valence-corrected chi connectivity index (χ3v) is 4.84. The minimum absolute atomic E-state index is 0.0491. The predicted molar refractivity (Wildman–Crippen MR) is 98.8 cm³/mol. The molecular formula is C20H25N3O3. The summed E-state index contributed by atoms with van der Waals surface area (Å²) in [4.78, 5) is 29.0. The SMILES string of the molecule is Cc1nc(CNC(=O)c2cccc(NC(=O)C3CCCCC3)c2)oc1C. The first-order valence-corrected chi connectivity index (χ1v) is 9.15. The second kappa shape index (κ2) is 8.17. The van der Waals surface area contributed by atoms with Crippen LogP contribution in [0.2, 0.25) is 0 Å². The number of hydrogen-bond donors (Lipinski definition) is 2. The molecule has 1 heterocycles. The molecule has 6 nitrogen and oxygen atoms in total. The van der Waals surface area contributed by atoms with Crippen molar-refractivity contribution in [2.45, 2.75) is 52.5 Å². The van der Waals surface area contributed by atoms with Gasteiger partial charge in [0.25, 0.3) is 5.91 Å². The first kappa shape index (κ1) is 18.2. The van der Waals surface area contributed by atoms with Crippen LogP contribution in [0.5, 0.6) is 0 Å². The van der Waals surface area contributed by atoms with Crippen molar-refractivity contribution < 1.29 is 14.0 Å². The number of hydrogen-bond acceptors (Lipinski definition) is 4. The van der Waals surface area contributed by atoms with Gasteiger partial charge in [-0.2, -0.15) is 0 Å². The van der Waals surface area contributed by atoms with Crippen molar-refractivity contribution in [3.63, 3.8) is 0 Å². The highest BCUT2D eigenvalue weighted by atomic mass is 16.4. The molecule has 26 heavy (non-hydrogen) atoms. The first-order chi connectivity index (χ1) is 12.5. The van der Waals surface area contributed by atoms with Crippen molar-refractivity contribution in [2.24, 2.45) is 5.92 Å². The topological polar surface area (TPSA) is 84.2 Å². The molecule has 1 saturated carbocycles. The van der Waals surface area contributed by atoms with E-state index in [1.54, 1.807) is 24.3 Å². The zero-order valence-electron chi connectivity index (χ0n) is 15.3. The maximum absolute atomic E-state index is 12.4. The summed E-state index contributed by atoms with van der Waals surface area (Å²) in [6.07, 6.45) is 5.32. The minimum atomic E-state index is -0.229. The summed E-state index contributed by atoms with van der Waals surface area (Å²) in [6, 6.07) is 6.99. The molecule has 2 amide bonds. The van der Waals surface area contributed by atoms with Crippen molar-refractivity contribution >= 4 is 17.5 Å². The van der Waals surface area contributed by atoms with E-state index in [2.05, 4.69) is 15.6 Å². The monoisotopic (exact) mass is 355 g/mol. The molecule has 0 unspecified atom stereocenters. The van der Waals surface area contributed by atoms with E-state index in [1.165, 1.54) is 6.42 Å². The van der Waals surface area contributed by atoms with Crippen LogP contribution < -0.4 is 10.6 Å². The van der Waals surface area contributed by atoms with Crippen LogP contribution in [0.3, 0.4) is 0 Å². The molecule has 0 aliphatic heterocycles. The van der Waals surface area contributed by atoms with Crippen LogP contribution >= 0.6 is 0 Å². The van der Waals surface area contributed by atoms with Gasteiger partial charge in [-0.3, -0.25) is 9.59 Å². The van der Waals surface area contributed by atoms with E-state index >= 15 is 0 Å². The average molecular weight is 355 g/mol. The molecular weight excluding hydrogens is 330 g/mol. The van der Waals surface area contributed by atoms with E-state index in [0.717, 1.165) is 37.1 Å². The van der Waals surface area contributed by atoms with Crippen LogP contribution in [-0.2, 0) is 11.3 Å². The van der Waals surface area contributed by atoms with Gasteiger partial charge in [-0.15, -0.1) is 0 Å². The normalized spacial score (nSPS) is 14.8. The van der Waals surface area contributed by atoms with Crippen molar-refractivity contribution in [3.05, 3.63) is 47.2 Å². The van der Waals surface area contributed by atoms with Gasteiger partial charge in [-0.25, -0.2) is 4.98 Å². The maximum Gasteiger partial charge on any atom is 0.251 e. The molecule has 2 N–H and O–H groups in total. The summed E-state index contributed by atoms with van der Waals surface area (Å²) in [7, 11) is 0. The summed E-state index contributed by atoms with van der Waals surface area (Å²) in [6.45, 7) is 3.93. The Hall–Kier alpha value is -2.63. The van der Waals surface area contributed by atoms with E-state index in [0.29, 0.717) is 17.1 Å². The Morgan fingerprint density at radius 1 is 1.19 bits per heavy atom. The molecule has 2 aromatic rings. The van der Waals surface area contributed by atoms with Crippen molar-refractivity contribution in [2.75, 3.05) is 5.32 Å². The van der Waals surface area contributed by atoms with E-state index in [4.69, 9.17) is 4.42 Å². The standard InChI is InChI=1S/C20H25N3O3/c1-13-14(2)26-18(22-13)12-21-19(24)16-9-6-10-17(11-16)23-20(25)15-7-4-3-5-8-15/h6,9-11,15H,3-5,7-8,12H2,1-2H3,(H,21,24)(H,23,25). The van der Waals surface area contributed by atoms with Gasteiger partial charge in [0.15, 0.2) is 0 Å². The third-order valence-electron chi connectivity index (χ3n) is 4.84. The lowest BCUT2D eigenvalue weighted by atomic mass is 9.88. The number of anilines is 1. The number of carbonyl (C=O) groups excluding carboxylic acids is 2. The molecule has 1 aromatic carbocycles. The van der Waals surface area contributed by atoms with Crippen LogP contribution in [-0.4, -0.2) is 16.8 Å². The van der Waals surface area contributed by atoms with Gasteiger partial charge in [0.05, 0.1) is 12.2 Å². The summed E-state index contributed by atoms with van der Waals surface area (Å²) >= 11 is 0. The molecule has 0 radical (unpaired) electrons.